The minimum Gasteiger partial charge on any atom is -0.495 e. The Labute approximate surface area is 260 Å². The minimum absolute atomic E-state index is 0.0454. The maximum absolute atomic E-state index is 14.0. The summed E-state index contributed by atoms with van der Waals surface area (Å²) in [5.41, 5.74) is 2.16. The van der Waals surface area contributed by atoms with E-state index in [4.69, 9.17) is 16.3 Å². The van der Waals surface area contributed by atoms with Gasteiger partial charge in [-0.05, 0) is 54.7 Å². The van der Waals surface area contributed by atoms with Crippen LogP contribution in [0.3, 0.4) is 0 Å². The van der Waals surface area contributed by atoms with Crippen LogP contribution in [0.5, 0.6) is 5.75 Å². The number of carbonyl (C=O) groups is 2. The molecule has 0 heterocycles. The SMILES string of the molecule is COc1ccccc1N(CCCC(=O)N(Cc1cccc(Cl)c1)[C@H](Cc1ccccc1)C(=O)NC1CCCC1)S(C)(=O)=O. The first-order chi connectivity index (χ1) is 20.7. The molecule has 10 heteroatoms. The minimum atomic E-state index is -3.66. The molecule has 0 radical (unpaired) electrons. The Morgan fingerprint density at radius 2 is 1.65 bits per heavy atom. The zero-order valence-electron chi connectivity index (χ0n) is 24.7. The Morgan fingerprint density at radius 3 is 2.33 bits per heavy atom. The zero-order valence-corrected chi connectivity index (χ0v) is 26.3. The molecular weight excluding hydrogens is 586 g/mol. The van der Waals surface area contributed by atoms with Crippen molar-refractivity contribution in [3.05, 3.63) is 95.0 Å². The van der Waals surface area contributed by atoms with E-state index in [0.717, 1.165) is 43.1 Å². The number of anilines is 1. The molecule has 0 aromatic heterocycles. The van der Waals surface area contributed by atoms with Gasteiger partial charge in [0, 0.05) is 37.0 Å². The molecule has 0 bridgehead atoms. The number of nitrogens with zero attached hydrogens (tertiary/aromatic N) is 2. The van der Waals surface area contributed by atoms with E-state index >= 15 is 0 Å². The molecule has 8 nitrogen and oxygen atoms in total. The maximum Gasteiger partial charge on any atom is 0.243 e. The van der Waals surface area contributed by atoms with Gasteiger partial charge in [-0.25, -0.2) is 8.42 Å². The number of ether oxygens (including phenoxy) is 1. The van der Waals surface area contributed by atoms with Gasteiger partial charge in [0.25, 0.3) is 0 Å². The van der Waals surface area contributed by atoms with E-state index in [1.165, 1.54) is 11.4 Å². The number of hydrogen-bond acceptors (Lipinski definition) is 5. The molecule has 3 aromatic rings. The predicted molar refractivity (Wildman–Crippen MR) is 171 cm³/mol. The van der Waals surface area contributed by atoms with Crippen LogP contribution in [0.1, 0.15) is 49.7 Å². The number of carbonyl (C=O) groups excluding carboxylic acids is 2. The van der Waals surface area contributed by atoms with Crippen LogP contribution in [0.2, 0.25) is 5.02 Å². The molecule has 1 N–H and O–H groups in total. The number of rotatable bonds is 14. The summed E-state index contributed by atoms with van der Waals surface area (Å²) in [4.78, 5) is 29.5. The summed E-state index contributed by atoms with van der Waals surface area (Å²) in [6, 6.07) is 23.2. The summed E-state index contributed by atoms with van der Waals surface area (Å²) in [5, 5.41) is 3.74. The summed E-state index contributed by atoms with van der Waals surface area (Å²) in [6.45, 7) is 0.269. The van der Waals surface area contributed by atoms with Crippen LogP contribution >= 0.6 is 11.6 Å². The smallest absolute Gasteiger partial charge is 0.243 e. The van der Waals surface area contributed by atoms with Crippen LogP contribution in [-0.2, 0) is 32.6 Å². The molecule has 43 heavy (non-hydrogen) atoms. The van der Waals surface area contributed by atoms with E-state index in [-0.39, 0.29) is 43.8 Å². The second-order valence-electron chi connectivity index (χ2n) is 11.0. The Bertz CT molecular complexity index is 1480. The number of amides is 2. The fourth-order valence-corrected chi connectivity index (χ4v) is 6.75. The van der Waals surface area contributed by atoms with E-state index in [2.05, 4.69) is 5.32 Å². The highest BCUT2D eigenvalue weighted by atomic mass is 35.5. The van der Waals surface area contributed by atoms with Gasteiger partial charge in [-0.1, -0.05) is 79.0 Å². The first-order valence-corrected chi connectivity index (χ1v) is 16.9. The third kappa shape index (κ3) is 9.21. The zero-order chi connectivity index (χ0) is 30.8. The lowest BCUT2D eigenvalue weighted by molar-refractivity contribution is -0.141. The van der Waals surface area contributed by atoms with Crippen molar-refractivity contribution in [2.24, 2.45) is 0 Å². The Morgan fingerprint density at radius 1 is 0.977 bits per heavy atom. The number of methoxy groups -OCH3 is 1. The van der Waals surface area contributed by atoms with Crippen molar-refractivity contribution < 1.29 is 22.7 Å². The molecule has 4 rings (SSSR count). The molecule has 0 spiro atoms. The van der Waals surface area contributed by atoms with E-state index in [9.17, 15) is 18.0 Å². The van der Waals surface area contributed by atoms with Crippen molar-refractivity contribution in [1.29, 1.82) is 0 Å². The molecule has 3 aromatic carbocycles. The van der Waals surface area contributed by atoms with Crippen LogP contribution in [0.25, 0.3) is 0 Å². The van der Waals surface area contributed by atoms with Gasteiger partial charge < -0.3 is 15.0 Å². The fourth-order valence-electron chi connectivity index (χ4n) is 5.57. The lowest BCUT2D eigenvalue weighted by Gasteiger charge is -2.33. The summed E-state index contributed by atoms with van der Waals surface area (Å²) in [5.74, 6) is 0.00205. The average molecular weight is 626 g/mol. The van der Waals surface area contributed by atoms with E-state index in [1.54, 1.807) is 41.3 Å². The van der Waals surface area contributed by atoms with Gasteiger partial charge in [0.05, 0.1) is 19.1 Å². The second kappa shape index (κ2) is 15.3. The molecule has 1 aliphatic rings. The highest BCUT2D eigenvalue weighted by molar-refractivity contribution is 7.92. The summed E-state index contributed by atoms with van der Waals surface area (Å²) < 4.78 is 32.2. The molecule has 0 saturated heterocycles. The van der Waals surface area contributed by atoms with Gasteiger partial charge in [0.2, 0.25) is 21.8 Å². The van der Waals surface area contributed by atoms with Crippen LogP contribution in [0.15, 0.2) is 78.9 Å². The lowest BCUT2D eigenvalue weighted by Crippen LogP contribution is -2.52. The van der Waals surface area contributed by atoms with Crippen LogP contribution in [0.4, 0.5) is 5.69 Å². The molecular formula is C33H40ClN3O5S. The number of para-hydroxylation sites is 2. The molecule has 230 valence electrons. The highest BCUT2D eigenvalue weighted by Gasteiger charge is 2.32. The number of sulfonamides is 1. The van der Waals surface area contributed by atoms with E-state index in [0.29, 0.717) is 22.9 Å². The molecule has 0 aliphatic heterocycles. The highest BCUT2D eigenvalue weighted by Crippen LogP contribution is 2.30. The number of nitrogens with one attached hydrogen (secondary N) is 1. The van der Waals surface area contributed by atoms with Crippen molar-refractivity contribution in [3.63, 3.8) is 0 Å². The maximum atomic E-state index is 14.0. The van der Waals surface area contributed by atoms with Crippen molar-refractivity contribution >= 4 is 39.1 Å². The van der Waals surface area contributed by atoms with Crippen molar-refractivity contribution in [2.45, 2.75) is 63.6 Å². The van der Waals surface area contributed by atoms with Crippen molar-refractivity contribution in [2.75, 3.05) is 24.2 Å². The van der Waals surface area contributed by atoms with Gasteiger partial charge in [-0.15, -0.1) is 0 Å². The summed E-state index contributed by atoms with van der Waals surface area (Å²) >= 11 is 6.28. The second-order valence-corrected chi connectivity index (χ2v) is 13.3. The summed E-state index contributed by atoms with van der Waals surface area (Å²) in [7, 11) is -2.17. The third-order valence-corrected chi connectivity index (χ3v) is 9.14. The normalized spacial score (nSPS) is 14.2. The Balaban J connectivity index is 1.60. The molecule has 1 saturated carbocycles. The first kappa shape index (κ1) is 32.4. The standard InChI is InChI=1S/C33H40ClN3O5S/c1-42-31-19-9-8-18-29(31)37(43(2,40)41)21-11-20-32(38)36(24-26-14-10-15-27(34)22-26)30(23-25-12-4-3-5-13-25)33(39)35-28-16-6-7-17-28/h3-5,8-10,12-15,18-19,22,28,30H,6-7,11,16-17,20-21,23-24H2,1-2H3,(H,35,39)/t30-/m1/s1. The quantitative estimate of drug-likeness (QED) is 0.252. The van der Waals surface area contributed by atoms with Crippen molar-refractivity contribution in [3.8, 4) is 5.75 Å². The van der Waals surface area contributed by atoms with Crippen LogP contribution in [-0.4, -0.2) is 57.1 Å². The molecule has 1 fully saturated rings. The van der Waals surface area contributed by atoms with Crippen molar-refractivity contribution in [1.82, 2.24) is 10.2 Å². The predicted octanol–water partition coefficient (Wildman–Crippen LogP) is 5.59. The average Bonchev–Trinajstić information content (AvgIpc) is 3.50. The molecule has 1 aliphatic carbocycles. The largest absolute Gasteiger partial charge is 0.495 e. The van der Waals surface area contributed by atoms with E-state index in [1.807, 2.05) is 42.5 Å². The monoisotopic (exact) mass is 625 g/mol. The van der Waals surface area contributed by atoms with E-state index < -0.39 is 16.1 Å². The van der Waals surface area contributed by atoms with Gasteiger partial charge in [-0.3, -0.25) is 13.9 Å². The molecule has 2 amide bonds. The number of benzene rings is 3. The van der Waals surface area contributed by atoms with Crippen LogP contribution < -0.4 is 14.4 Å². The Hall–Kier alpha value is -3.56. The van der Waals surface area contributed by atoms with Gasteiger partial charge in [0.1, 0.15) is 11.8 Å². The number of halogens is 1. The summed E-state index contributed by atoms with van der Waals surface area (Å²) in [6.07, 6.45) is 5.78. The fraction of sp³-hybridized carbons (Fsp3) is 0.394. The molecule has 1 atom stereocenters. The van der Waals surface area contributed by atoms with Gasteiger partial charge >= 0.3 is 0 Å². The molecule has 0 unspecified atom stereocenters. The third-order valence-electron chi connectivity index (χ3n) is 7.72. The first-order valence-electron chi connectivity index (χ1n) is 14.6. The van der Waals surface area contributed by atoms with Crippen LogP contribution in [0, 0.1) is 0 Å². The Kier molecular flexibility index (Phi) is 11.5. The number of hydrogen-bond donors (Lipinski definition) is 1. The van der Waals surface area contributed by atoms with Gasteiger partial charge in [0.15, 0.2) is 0 Å². The topological polar surface area (TPSA) is 96.0 Å². The lowest BCUT2D eigenvalue weighted by atomic mass is 10.0. The van der Waals surface area contributed by atoms with Gasteiger partial charge in [-0.2, -0.15) is 0 Å².